The molecule has 1 N–H and O–H groups in total. The van der Waals surface area contributed by atoms with Crippen LogP contribution < -0.4 is 5.32 Å². The van der Waals surface area contributed by atoms with Gasteiger partial charge in [0.15, 0.2) is 0 Å². The molecule has 0 bridgehead atoms. The number of carbonyl (C=O) groups excluding carboxylic acids is 2. The first-order chi connectivity index (χ1) is 8.82. The van der Waals surface area contributed by atoms with Gasteiger partial charge in [0.2, 0.25) is 3.79 Å². The Hall–Kier alpha value is -0.390. The molecule has 20 heavy (non-hydrogen) atoms. The number of carbonyl (C=O) groups is 2. The Bertz CT molecular complexity index is 348. The van der Waals surface area contributed by atoms with Crippen molar-refractivity contribution in [2.75, 3.05) is 6.61 Å². The van der Waals surface area contributed by atoms with Crippen LogP contribution in [0.15, 0.2) is 0 Å². The number of hydrogen-bond donors (Lipinski definition) is 1. The van der Waals surface area contributed by atoms with Crippen LogP contribution >= 0.6 is 34.8 Å². The molecule has 0 aliphatic rings. The Labute approximate surface area is 134 Å². The molecule has 118 valence electrons. The summed E-state index contributed by atoms with van der Waals surface area (Å²) < 4.78 is 8.24. The summed E-state index contributed by atoms with van der Waals surface area (Å²) in [6, 6.07) is -0.836. The van der Waals surface area contributed by atoms with Crippen molar-refractivity contribution in [2.24, 2.45) is 5.92 Å². The van der Waals surface area contributed by atoms with Gasteiger partial charge >= 0.3 is 12.1 Å². The van der Waals surface area contributed by atoms with Crippen molar-refractivity contribution in [3.05, 3.63) is 0 Å². The van der Waals surface area contributed by atoms with Gasteiger partial charge in [-0.05, 0) is 26.7 Å². The lowest BCUT2D eigenvalue weighted by Crippen LogP contribution is -2.47. The van der Waals surface area contributed by atoms with Crippen molar-refractivity contribution in [3.63, 3.8) is 0 Å². The molecule has 0 aromatic carbocycles. The predicted molar refractivity (Wildman–Crippen MR) is 79.2 cm³/mol. The molecule has 0 heterocycles. The molecular weight excluding hydrogens is 328 g/mol. The molecule has 0 aliphatic heterocycles. The largest absolute Gasteiger partial charge is 0.458 e. The van der Waals surface area contributed by atoms with Crippen LogP contribution in [0.2, 0.25) is 0 Å². The molecule has 0 radical (unpaired) electrons. The second-order valence-corrected chi connectivity index (χ2v) is 8.11. The number of alkyl carbamates (subject to hydrolysis) is 1. The fraction of sp³-hybridized carbons (Fsp3) is 0.833. The second-order valence-electron chi connectivity index (χ2n) is 5.59. The van der Waals surface area contributed by atoms with Crippen LogP contribution in [-0.2, 0) is 14.3 Å². The summed E-state index contributed by atoms with van der Waals surface area (Å²) in [6.07, 6.45) is -0.846. The zero-order valence-electron chi connectivity index (χ0n) is 12.1. The highest BCUT2D eigenvalue weighted by atomic mass is 35.6. The van der Waals surface area contributed by atoms with Gasteiger partial charge < -0.3 is 14.8 Å². The third-order valence-electron chi connectivity index (χ3n) is 1.97. The van der Waals surface area contributed by atoms with Gasteiger partial charge in [0.05, 0.1) is 0 Å². The van der Waals surface area contributed by atoms with Crippen molar-refractivity contribution in [1.82, 2.24) is 5.32 Å². The van der Waals surface area contributed by atoms with Crippen LogP contribution in [0.4, 0.5) is 4.79 Å². The summed E-state index contributed by atoms with van der Waals surface area (Å²) in [5.41, 5.74) is -0.645. The first-order valence-corrected chi connectivity index (χ1v) is 7.18. The van der Waals surface area contributed by atoms with Gasteiger partial charge in [-0.3, -0.25) is 0 Å². The lowest BCUT2D eigenvalue weighted by Gasteiger charge is -2.26. The molecule has 1 atom stereocenters. The number of amides is 1. The third-order valence-corrected chi connectivity index (χ3v) is 2.29. The predicted octanol–water partition coefficient (Wildman–Crippen LogP) is 3.45. The second kappa shape index (κ2) is 7.57. The molecule has 0 aliphatic carbocycles. The molecule has 0 aromatic rings. The van der Waals surface area contributed by atoms with E-state index in [4.69, 9.17) is 44.3 Å². The minimum atomic E-state index is -1.70. The number of ether oxygens (including phenoxy) is 2. The van der Waals surface area contributed by atoms with Crippen LogP contribution in [-0.4, -0.2) is 34.1 Å². The SMILES string of the molecule is CC(C)[C@H](NC(=O)OCC(Cl)(Cl)Cl)C(=O)OC(C)(C)C. The van der Waals surface area contributed by atoms with E-state index < -0.39 is 34.1 Å². The zero-order chi connectivity index (χ0) is 16.1. The van der Waals surface area contributed by atoms with Gasteiger partial charge in [0.25, 0.3) is 0 Å². The summed E-state index contributed by atoms with van der Waals surface area (Å²) in [5, 5.41) is 2.40. The minimum absolute atomic E-state index is 0.176. The number of halogens is 3. The molecule has 0 fully saturated rings. The molecule has 0 aromatic heterocycles. The highest BCUT2D eigenvalue weighted by molar-refractivity contribution is 6.67. The maximum Gasteiger partial charge on any atom is 0.408 e. The normalized spacial score (nSPS) is 13.8. The topological polar surface area (TPSA) is 64.6 Å². The summed E-state index contributed by atoms with van der Waals surface area (Å²) in [7, 11) is 0. The first kappa shape index (κ1) is 19.6. The molecule has 5 nitrogen and oxygen atoms in total. The van der Waals surface area contributed by atoms with Crippen molar-refractivity contribution < 1.29 is 19.1 Å². The lowest BCUT2D eigenvalue weighted by atomic mass is 10.0. The smallest absolute Gasteiger partial charge is 0.408 e. The van der Waals surface area contributed by atoms with Crippen molar-refractivity contribution in [2.45, 2.75) is 50.1 Å². The highest BCUT2D eigenvalue weighted by Crippen LogP contribution is 2.25. The first-order valence-electron chi connectivity index (χ1n) is 6.05. The molecular formula is C12H20Cl3NO4. The zero-order valence-corrected chi connectivity index (χ0v) is 14.4. The average molecular weight is 349 g/mol. The lowest BCUT2D eigenvalue weighted by molar-refractivity contribution is -0.158. The number of alkyl halides is 3. The molecule has 0 rings (SSSR count). The molecule has 0 saturated carbocycles. The van der Waals surface area contributed by atoms with Gasteiger partial charge in [-0.15, -0.1) is 0 Å². The summed E-state index contributed by atoms with van der Waals surface area (Å²) in [6.45, 7) is 8.34. The van der Waals surface area contributed by atoms with Crippen molar-refractivity contribution in [1.29, 1.82) is 0 Å². The molecule has 1 amide bonds. The fourth-order valence-corrected chi connectivity index (χ4v) is 1.34. The summed E-state index contributed by atoms with van der Waals surface area (Å²) in [5.74, 6) is -0.719. The van der Waals surface area contributed by atoms with Gasteiger partial charge in [-0.2, -0.15) is 0 Å². The Morgan fingerprint density at radius 1 is 1.15 bits per heavy atom. The maximum atomic E-state index is 12.0. The van der Waals surface area contributed by atoms with Crippen LogP contribution in [0, 0.1) is 5.92 Å². The van der Waals surface area contributed by atoms with E-state index in [1.165, 1.54) is 0 Å². The Kier molecular flexibility index (Phi) is 7.42. The highest BCUT2D eigenvalue weighted by Gasteiger charge is 2.30. The molecule has 8 heteroatoms. The van der Waals surface area contributed by atoms with Gasteiger partial charge in [0, 0.05) is 0 Å². The number of nitrogens with one attached hydrogen (secondary N) is 1. The van der Waals surface area contributed by atoms with Crippen LogP contribution in [0.3, 0.4) is 0 Å². The van der Waals surface area contributed by atoms with E-state index in [9.17, 15) is 9.59 Å². The van der Waals surface area contributed by atoms with Crippen molar-refractivity contribution >= 4 is 46.9 Å². The minimum Gasteiger partial charge on any atom is -0.458 e. The standard InChI is InChI=1S/C12H20Cl3NO4/c1-7(2)8(9(17)20-11(3,4)5)16-10(18)19-6-12(13,14)15/h7-8H,6H2,1-5H3,(H,16,18)/t8-/m0/s1. The van der Waals surface area contributed by atoms with E-state index in [0.717, 1.165) is 0 Å². The van der Waals surface area contributed by atoms with Gasteiger partial charge in [-0.25, -0.2) is 9.59 Å². The Morgan fingerprint density at radius 3 is 2.00 bits per heavy atom. The molecule has 0 spiro atoms. The van der Waals surface area contributed by atoms with Crippen molar-refractivity contribution in [3.8, 4) is 0 Å². The van der Waals surface area contributed by atoms with E-state index in [1.807, 2.05) is 0 Å². The van der Waals surface area contributed by atoms with Crippen LogP contribution in [0.25, 0.3) is 0 Å². The number of hydrogen-bond acceptors (Lipinski definition) is 4. The van der Waals surface area contributed by atoms with Crippen LogP contribution in [0.1, 0.15) is 34.6 Å². The summed E-state index contributed by atoms with van der Waals surface area (Å²) >= 11 is 16.4. The van der Waals surface area contributed by atoms with E-state index in [1.54, 1.807) is 34.6 Å². The Morgan fingerprint density at radius 2 is 1.65 bits per heavy atom. The van der Waals surface area contributed by atoms with E-state index in [2.05, 4.69) is 5.32 Å². The summed E-state index contributed by atoms with van der Waals surface area (Å²) in [4.78, 5) is 23.5. The third kappa shape index (κ3) is 9.50. The number of rotatable bonds is 4. The van der Waals surface area contributed by atoms with E-state index >= 15 is 0 Å². The molecule has 0 saturated heterocycles. The maximum absolute atomic E-state index is 12.0. The van der Waals surface area contributed by atoms with Gasteiger partial charge in [0.1, 0.15) is 18.2 Å². The average Bonchev–Trinajstić information content (AvgIpc) is 2.18. The van der Waals surface area contributed by atoms with Gasteiger partial charge in [-0.1, -0.05) is 48.7 Å². The number of esters is 1. The quantitative estimate of drug-likeness (QED) is 0.624. The fourth-order valence-electron chi connectivity index (χ4n) is 1.18. The Balaban J connectivity index is 4.56. The van der Waals surface area contributed by atoms with Crippen LogP contribution in [0.5, 0.6) is 0 Å². The molecule has 0 unspecified atom stereocenters. The van der Waals surface area contributed by atoms with E-state index in [-0.39, 0.29) is 5.92 Å². The van der Waals surface area contributed by atoms with E-state index in [0.29, 0.717) is 0 Å². The monoisotopic (exact) mass is 347 g/mol.